The van der Waals surface area contributed by atoms with E-state index in [2.05, 4.69) is 24.8 Å². The Morgan fingerprint density at radius 2 is 1.75 bits per heavy atom. The third-order valence-corrected chi connectivity index (χ3v) is 4.65. The van der Waals surface area contributed by atoms with Crippen molar-refractivity contribution in [1.82, 2.24) is 15.0 Å². The lowest BCUT2D eigenvalue weighted by Gasteiger charge is -2.23. The number of methoxy groups -OCH3 is 1. The van der Waals surface area contributed by atoms with Gasteiger partial charge in [-0.1, -0.05) is 0 Å². The molecule has 2 aromatic heterocycles. The maximum atomic E-state index is 6.28. The molecule has 3 heterocycles. The van der Waals surface area contributed by atoms with Crippen molar-refractivity contribution in [2.24, 2.45) is 5.84 Å². The van der Waals surface area contributed by atoms with Crippen molar-refractivity contribution in [2.75, 3.05) is 47.4 Å². The van der Waals surface area contributed by atoms with E-state index in [0.717, 1.165) is 30.2 Å². The second kappa shape index (κ2) is 7.57. The summed E-state index contributed by atoms with van der Waals surface area (Å²) in [6, 6.07) is 11.3. The summed E-state index contributed by atoms with van der Waals surface area (Å²) in [4.78, 5) is 17.4. The molecule has 0 saturated carbocycles. The summed E-state index contributed by atoms with van der Waals surface area (Å²) in [6.45, 7) is 2.36. The molecule has 0 atom stereocenters. The minimum atomic E-state index is 0.409. The summed E-state index contributed by atoms with van der Waals surface area (Å²) in [5.41, 5.74) is 8.37. The summed E-state index contributed by atoms with van der Waals surface area (Å²) in [6.07, 6.45) is 5.17. The second-order valence-electron chi connectivity index (χ2n) is 6.39. The molecule has 0 bridgehead atoms. The highest BCUT2D eigenvalue weighted by molar-refractivity contribution is 5.71. The first-order chi connectivity index (χ1) is 13.7. The molecule has 0 amide bonds. The van der Waals surface area contributed by atoms with Gasteiger partial charge >= 0.3 is 0 Å². The number of rotatable bonds is 5. The van der Waals surface area contributed by atoms with Crippen molar-refractivity contribution < 1.29 is 4.74 Å². The van der Waals surface area contributed by atoms with Crippen LogP contribution in [0.5, 0.6) is 5.75 Å². The predicted molar refractivity (Wildman–Crippen MR) is 110 cm³/mol. The van der Waals surface area contributed by atoms with E-state index in [1.54, 1.807) is 25.7 Å². The molecular weight excluding hydrogens is 356 g/mol. The van der Waals surface area contributed by atoms with Crippen LogP contribution in [-0.2, 0) is 0 Å². The third-order valence-electron chi connectivity index (χ3n) is 4.65. The van der Waals surface area contributed by atoms with E-state index < -0.39 is 0 Å². The van der Waals surface area contributed by atoms with E-state index in [9.17, 15) is 0 Å². The topological polar surface area (TPSA) is 110 Å². The van der Waals surface area contributed by atoms with Crippen LogP contribution in [0.1, 0.15) is 0 Å². The number of ether oxygens (including phenoxy) is 1. The summed E-state index contributed by atoms with van der Waals surface area (Å²) < 4.78 is 5.19. The van der Waals surface area contributed by atoms with Crippen LogP contribution in [0.2, 0.25) is 0 Å². The second-order valence-corrected chi connectivity index (χ2v) is 6.39. The molecule has 4 N–H and O–H groups in total. The number of nitrogens with zero attached hydrogens (tertiary/aromatic N) is 6. The first kappa shape index (κ1) is 17.8. The van der Waals surface area contributed by atoms with Gasteiger partial charge in [0.2, 0.25) is 5.95 Å². The highest BCUT2D eigenvalue weighted by Gasteiger charge is 2.24. The molecule has 9 nitrogen and oxygen atoms in total. The van der Waals surface area contributed by atoms with E-state index in [4.69, 9.17) is 16.3 Å². The minimum Gasteiger partial charge on any atom is -0.497 e. The summed E-state index contributed by atoms with van der Waals surface area (Å²) in [5.74, 6) is 8.08. The number of nitrogen functional groups attached to an aromatic ring is 1. The highest BCUT2D eigenvalue weighted by Crippen LogP contribution is 2.29. The molecule has 1 saturated heterocycles. The van der Waals surface area contributed by atoms with Crippen LogP contribution in [-0.4, -0.2) is 41.8 Å². The average molecular weight is 378 g/mol. The molecule has 4 rings (SSSR count). The van der Waals surface area contributed by atoms with Crippen LogP contribution in [0, 0.1) is 0 Å². The van der Waals surface area contributed by atoms with E-state index >= 15 is 0 Å². The molecule has 1 aromatic carbocycles. The molecule has 3 aromatic rings. The molecular formula is C19H22N8O. The van der Waals surface area contributed by atoms with Gasteiger partial charge in [-0.15, -0.1) is 0 Å². The number of anilines is 5. The van der Waals surface area contributed by atoms with Gasteiger partial charge in [0, 0.05) is 31.2 Å². The number of benzene rings is 1. The monoisotopic (exact) mass is 378 g/mol. The molecule has 0 radical (unpaired) electrons. The normalized spacial score (nSPS) is 13.6. The maximum Gasteiger partial charge on any atom is 0.228 e. The molecule has 0 spiro atoms. The summed E-state index contributed by atoms with van der Waals surface area (Å²) >= 11 is 0. The molecule has 9 heteroatoms. The minimum absolute atomic E-state index is 0.409. The fourth-order valence-electron chi connectivity index (χ4n) is 3.10. The van der Waals surface area contributed by atoms with Gasteiger partial charge in [-0.05, 0) is 36.4 Å². The van der Waals surface area contributed by atoms with Gasteiger partial charge in [0.05, 0.1) is 31.4 Å². The smallest absolute Gasteiger partial charge is 0.228 e. The number of aromatic nitrogens is 3. The molecule has 1 fully saturated rings. The molecule has 0 unspecified atom stereocenters. The Morgan fingerprint density at radius 3 is 2.46 bits per heavy atom. The Bertz CT molecular complexity index is 934. The van der Waals surface area contributed by atoms with Gasteiger partial charge in [-0.3, -0.25) is 9.99 Å². The molecule has 28 heavy (non-hydrogen) atoms. The number of hydrogen-bond acceptors (Lipinski definition) is 9. The lowest BCUT2D eigenvalue weighted by Crippen LogP contribution is -2.30. The van der Waals surface area contributed by atoms with Gasteiger partial charge in [0.25, 0.3) is 0 Å². The first-order valence-corrected chi connectivity index (χ1v) is 8.87. The van der Waals surface area contributed by atoms with Gasteiger partial charge in [-0.25, -0.2) is 10.8 Å². The predicted octanol–water partition coefficient (Wildman–Crippen LogP) is 1.76. The summed E-state index contributed by atoms with van der Waals surface area (Å²) in [7, 11) is 1.62. The lowest BCUT2D eigenvalue weighted by molar-refractivity contribution is 0.415. The Hall–Kier alpha value is -3.59. The van der Waals surface area contributed by atoms with Crippen molar-refractivity contribution in [2.45, 2.75) is 0 Å². The zero-order valence-corrected chi connectivity index (χ0v) is 15.6. The Kier molecular flexibility index (Phi) is 4.81. The van der Waals surface area contributed by atoms with Crippen molar-refractivity contribution in [3.05, 3.63) is 55.0 Å². The highest BCUT2D eigenvalue weighted by atomic mass is 16.5. The van der Waals surface area contributed by atoms with Gasteiger partial charge in [0.15, 0.2) is 5.82 Å². The number of nitrogens with two attached hydrogens (primary N) is 2. The fraction of sp³-hybridized carbons (Fsp3) is 0.211. The molecule has 1 aliphatic rings. The van der Waals surface area contributed by atoms with Crippen LogP contribution < -0.4 is 31.1 Å². The standard InChI is InChI=1S/C19H22N8O/c1-28-16-4-2-15(3-5-16)27(21)18-17(20)12-23-19(24-18)26-11-10-25(13-26)14-6-8-22-9-7-14/h2-9,12H,10-11,13,20-21H2,1H3. The molecule has 0 aliphatic carbocycles. The van der Waals surface area contributed by atoms with Crippen LogP contribution >= 0.6 is 0 Å². The first-order valence-electron chi connectivity index (χ1n) is 8.87. The van der Waals surface area contributed by atoms with Crippen molar-refractivity contribution in [1.29, 1.82) is 0 Å². The van der Waals surface area contributed by atoms with Crippen LogP contribution in [0.3, 0.4) is 0 Å². The largest absolute Gasteiger partial charge is 0.497 e. The third kappa shape index (κ3) is 3.47. The van der Waals surface area contributed by atoms with Gasteiger partial charge < -0.3 is 20.3 Å². The van der Waals surface area contributed by atoms with Gasteiger partial charge in [0.1, 0.15) is 5.75 Å². The average Bonchev–Trinajstić information content (AvgIpc) is 3.25. The molecule has 1 aliphatic heterocycles. The van der Waals surface area contributed by atoms with E-state index in [0.29, 0.717) is 24.1 Å². The van der Waals surface area contributed by atoms with Crippen LogP contribution in [0.15, 0.2) is 55.0 Å². The maximum absolute atomic E-state index is 6.28. The molecule has 144 valence electrons. The van der Waals surface area contributed by atoms with E-state index in [1.165, 1.54) is 5.01 Å². The fourth-order valence-corrected chi connectivity index (χ4v) is 3.10. The van der Waals surface area contributed by atoms with Gasteiger partial charge in [-0.2, -0.15) is 4.98 Å². The Balaban J connectivity index is 1.55. The lowest BCUT2D eigenvalue weighted by atomic mass is 10.3. The van der Waals surface area contributed by atoms with Crippen molar-refractivity contribution in [3.63, 3.8) is 0 Å². The Labute approximate surface area is 163 Å². The van der Waals surface area contributed by atoms with Crippen LogP contribution in [0.25, 0.3) is 0 Å². The number of hydrazine groups is 1. The van der Waals surface area contributed by atoms with Crippen molar-refractivity contribution >= 4 is 28.8 Å². The Morgan fingerprint density at radius 1 is 1.04 bits per heavy atom. The summed E-state index contributed by atoms with van der Waals surface area (Å²) in [5, 5.41) is 1.46. The van der Waals surface area contributed by atoms with Crippen molar-refractivity contribution in [3.8, 4) is 5.75 Å². The quantitative estimate of drug-likeness (QED) is 0.507. The SMILES string of the molecule is COc1ccc(N(N)c2nc(N3CCN(c4ccncc4)C3)ncc2N)cc1. The van der Waals surface area contributed by atoms with Crippen LogP contribution in [0.4, 0.5) is 28.8 Å². The zero-order valence-electron chi connectivity index (χ0n) is 15.6. The zero-order chi connectivity index (χ0) is 19.5. The number of pyridine rings is 1. The van der Waals surface area contributed by atoms with E-state index in [1.807, 2.05) is 36.4 Å². The number of hydrogen-bond donors (Lipinski definition) is 2. The van der Waals surface area contributed by atoms with E-state index in [-0.39, 0.29) is 0 Å².